The zero-order chi connectivity index (χ0) is 18.2. The predicted octanol–water partition coefficient (Wildman–Crippen LogP) is 3.37. The number of benzene rings is 2. The summed E-state index contributed by atoms with van der Waals surface area (Å²) in [7, 11) is 1.63. The molecule has 5 heteroatoms. The van der Waals surface area contributed by atoms with Gasteiger partial charge in [-0.2, -0.15) is 5.10 Å². The molecule has 1 fully saturated rings. The van der Waals surface area contributed by atoms with Crippen LogP contribution in [0.3, 0.4) is 0 Å². The highest BCUT2D eigenvalue weighted by molar-refractivity contribution is 5.85. The minimum absolute atomic E-state index is 0.0946. The van der Waals surface area contributed by atoms with Crippen LogP contribution in [0.15, 0.2) is 59.7 Å². The fraction of sp³-hybridized carbons (Fsp3) is 0.333. The molecule has 5 nitrogen and oxygen atoms in total. The number of likely N-dealkylation sites (tertiary alicyclic amines) is 1. The number of rotatable bonds is 6. The zero-order valence-corrected chi connectivity index (χ0v) is 15.1. The predicted molar refractivity (Wildman–Crippen MR) is 103 cm³/mol. The minimum atomic E-state index is -0.301. The first kappa shape index (κ1) is 18.1. The molecule has 0 spiro atoms. The lowest BCUT2D eigenvalue weighted by Crippen LogP contribution is -2.41. The van der Waals surface area contributed by atoms with Crippen molar-refractivity contribution >= 4 is 12.1 Å². The van der Waals surface area contributed by atoms with E-state index in [0.717, 1.165) is 42.8 Å². The Morgan fingerprint density at radius 3 is 2.42 bits per heavy atom. The molecule has 1 saturated heterocycles. The Hall–Kier alpha value is -2.66. The summed E-state index contributed by atoms with van der Waals surface area (Å²) in [4.78, 5) is 15.1. The number of hydrazone groups is 1. The van der Waals surface area contributed by atoms with E-state index in [1.165, 1.54) is 6.42 Å². The number of nitrogens with one attached hydrogen (secondary N) is 1. The van der Waals surface area contributed by atoms with Gasteiger partial charge in [0, 0.05) is 0 Å². The van der Waals surface area contributed by atoms with Crippen LogP contribution in [0.2, 0.25) is 0 Å². The topological polar surface area (TPSA) is 53.9 Å². The second-order valence-electron chi connectivity index (χ2n) is 6.42. The molecule has 0 saturated carbocycles. The molecule has 1 aliphatic rings. The lowest BCUT2D eigenvalue weighted by Gasteiger charge is -2.33. The van der Waals surface area contributed by atoms with E-state index in [0.29, 0.717) is 0 Å². The third-order valence-electron chi connectivity index (χ3n) is 4.62. The van der Waals surface area contributed by atoms with Crippen molar-refractivity contribution in [1.29, 1.82) is 0 Å². The molecule has 1 heterocycles. The molecule has 0 radical (unpaired) electrons. The molecule has 0 aromatic heterocycles. The number of carbonyl (C=O) groups is 1. The smallest absolute Gasteiger partial charge is 0.262 e. The van der Waals surface area contributed by atoms with Gasteiger partial charge < -0.3 is 4.74 Å². The van der Waals surface area contributed by atoms with Crippen molar-refractivity contribution < 1.29 is 9.53 Å². The van der Waals surface area contributed by atoms with Crippen LogP contribution in [-0.2, 0) is 4.79 Å². The molecule has 0 bridgehead atoms. The Bertz CT molecular complexity index is 723. The Labute approximate surface area is 154 Å². The van der Waals surface area contributed by atoms with Crippen LogP contribution in [0.1, 0.15) is 36.4 Å². The van der Waals surface area contributed by atoms with Gasteiger partial charge in [0.2, 0.25) is 0 Å². The first-order valence-electron chi connectivity index (χ1n) is 9.04. The van der Waals surface area contributed by atoms with Crippen molar-refractivity contribution in [3.05, 3.63) is 65.7 Å². The highest BCUT2D eigenvalue weighted by Crippen LogP contribution is 2.24. The standard InChI is InChI=1S/C21H25N3O2/c1-26-19-12-10-17(11-13-19)16-22-23-21(25)20(18-8-4-2-5-9-18)24-14-6-3-7-15-24/h2,4-5,8-13,16,20H,3,6-7,14-15H2,1H3,(H,23,25)/b22-16-/t20-/m0/s1. The van der Waals surface area contributed by atoms with Gasteiger partial charge >= 0.3 is 0 Å². The van der Waals surface area contributed by atoms with Crippen LogP contribution >= 0.6 is 0 Å². The SMILES string of the molecule is COc1ccc(/C=N\NC(=O)[C@H](c2ccccc2)N2CCCCC2)cc1. The van der Waals surface area contributed by atoms with Crippen LogP contribution in [0.5, 0.6) is 5.75 Å². The summed E-state index contributed by atoms with van der Waals surface area (Å²) in [5, 5.41) is 4.15. The first-order valence-corrected chi connectivity index (χ1v) is 9.04. The molecular weight excluding hydrogens is 326 g/mol. The van der Waals surface area contributed by atoms with E-state index < -0.39 is 0 Å². The van der Waals surface area contributed by atoms with Crippen LogP contribution < -0.4 is 10.2 Å². The number of carbonyl (C=O) groups excluding carboxylic acids is 1. The summed E-state index contributed by atoms with van der Waals surface area (Å²) in [5.74, 6) is 0.697. The summed E-state index contributed by atoms with van der Waals surface area (Å²) in [6.45, 7) is 1.88. The molecular formula is C21H25N3O2. The monoisotopic (exact) mass is 351 g/mol. The third-order valence-corrected chi connectivity index (χ3v) is 4.62. The zero-order valence-electron chi connectivity index (χ0n) is 15.1. The van der Waals surface area contributed by atoms with E-state index in [1.54, 1.807) is 13.3 Å². The first-order chi connectivity index (χ1) is 12.8. The van der Waals surface area contributed by atoms with Crippen LogP contribution in [0.25, 0.3) is 0 Å². The summed E-state index contributed by atoms with van der Waals surface area (Å²) in [6, 6.07) is 17.1. The summed E-state index contributed by atoms with van der Waals surface area (Å²) >= 11 is 0. The van der Waals surface area contributed by atoms with E-state index in [2.05, 4.69) is 15.4 Å². The molecule has 1 N–H and O–H groups in total. The van der Waals surface area contributed by atoms with Gasteiger partial charge in [0.25, 0.3) is 5.91 Å². The van der Waals surface area contributed by atoms with E-state index in [9.17, 15) is 4.79 Å². The van der Waals surface area contributed by atoms with E-state index in [4.69, 9.17) is 4.74 Å². The number of amides is 1. The van der Waals surface area contributed by atoms with Gasteiger partial charge in [-0.05, 0) is 61.3 Å². The van der Waals surface area contributed by atoms with Crippen LogP contribution in [0.4, 0.5) is 0 Å². The largest absolute Gasteiger partial charge is 0.497 e. The molecule has 3 rings (SSSR count). The fourth-order valence-electron chi connectivity index (χ4n) is 3.26. The molecule has 26 heavy (non-hydrogen) atoms. The van der Waals surface area contributed by atoms with Crippen LogP contribution in [-0.4, -0.2) is 37.2 Å². The van der Waals surface area contributed by atoms with E-state index in [1.807, 2.05) is 54.6 Å². The number of ether oxygens (including phenoxy) is 1. The Morgan fingerprint density at radius 1 is 1.08 bits per heavy atom. The second kappa shape index (κ2) is 9.15. The average Bonchev–Trinajstić information content (AvgIpc) is 2.70. The molecule has 0 aliphatic carbocycles. The number of nitrogens with zero attached hydrogens (tertiary/aromatic N) is 2. The maximum Gasteiger partial charge on any atom is 0.262 e. The van der Waals surface area contributed by atoms with Gasteiger partial charge in [-0.1, -0.05) is 36.8 Å². The molecule has 1 amide bonds. The van der Waals surface area contributed by atoms with Crippen molar-refractivity contribution in [3.63, 3.8) is 0 Å². The Kier molecular flexibility index (Phi) is 6.39. The molecule has 1 aliphatic heterocycles. The molecule has 1 atom stereocenters. The van der Waals surface area contributed by atoms with Crippen molar-refractivity contribution in [2.24, 2.45) is 5.10 Å². The third kappa shape index (κ3) is 4.70. The maximum absolute atomic E-state index is 12.8. The Morgan fingerprint density at radius 2 is 1.77 bits per heavy atom. The highest BCUT2D eigenvalue weighted by atomic mass is 16.5. The number of hydrogen-bond donors (Lipinski definition) is 1. The van der Waals surface area contributed by atoms with E-state index >= 15 is 0 Å². The fourth-order valence-corrected chi connectivity index (χ4v) is 3.26. The average molecular weight is 351 g/mol. The number of hydrogen-bond acceptors (Lipinski definition) is 4. The summed E-state index contributed by atoms with van der Waals surface area (Å²) in [6.07, 6.45) is 5.14. The van der Waals surface area contributed by atoms with Crippen molar-refractivity contribution in [1.82, 2.24) is 10.3 Å². The van der Waals surface area contributed by atoms with Crippen molar-refractivity contribution in [2.75, 3.05) is 20.2 Å². The van der Waals surface area contributed by atoms with Crippen LogP contribution in [0, 0.1) is 0 Å². The van der Waals surface area contributed by atoms with Gasteiger partial charge in [-0.3, -0.25) is 9.69 Å². The molecule has 2 aromatic rings. The quantitative estimate of drug-likeness (QED) is 0.641. The van der Waals surface area contributed by atoms with Gasteiger partial charge in [0.15, 0.2) is 0 Å². The molecule has 2 aromatic carbocycles. The number of methoxy groups -OCH3 is 1. The van der Waals surface area contributed by atoms with Crippen molar-refractivity contribution in [3.8, 4) is 5.75 Å². The van der Waals surface area contributed by atoms with Gasteiger partial charge in [-0.25, -0.2) is 5.43 Å². The van der Waals surface area contributed by atoms with Gasteiger partial charge in [0.05, 0.1) is 13.3 Å². The summed E-state index contributed by atoms with van der Waals surface area (Å²) < 4.78 is 5.14. The van der Waals surface area contributed by atoms with Gasteiger partial charge in [0.1, 0.15) is 11.8 Å². The normalized spacial score (nSPS) is 16.3. The Balaban J connectivity index is 1.69. The van der Waals surface area contributed by atoms with Crippen molar-refractivity contribution in [2.45, 2.75) is 25.3 Å². The van der Waals surface area contributed by atoms with Gasteiger partial charge in [-0.15, -0.1) is 0 Å². The second-order valence-corrected chi connectivity index (χ2v) is 6.42. The highest BCUT2D eigenvalue weighted by Gasteiger charge is 2.28. The molecule has 136 valence electrons. The number of piperidine rings is 1. The molecule has 0 unspecified atom stereocenters. The van der Waals surface area contributed by atoms with E-state index in [-0.39, 0.29) is 11.9 Å². The minimum Gasteiger partial charge on any atom is -0.497 e. The summed E-state index contributed by atoms with van der Waals surface area (Å²) in [5.41, 5.74) is 4.62. The lowest BCUT2D eigenvalue weighted by molar-refractivity contribution is -0.127. The lowest BCUT2D eigenvalue weighted by atomic mass is 10.0. The maximum atomic E-state index is 12.8.